The first-order valence-corrected chi connectivity index (χ1v) is 7.33. The normalized spacial score (nSPS) is 18.0. The van der Waals surface area contributed by atoms with Gasteiger partial charge in [-0.3, -0.25) is 10.5 Å². The van der Waals surface area contributed by atoms with Crippen LogP contribution in [0.15, 0.2) is 35.1 Å². The Balaban J connectivity index is 2.25. The second kappa shape index (κ2) is 6.30. The molecule has 2 aromatic rings. The molecule has 1 aliphatic heterocycles. The standard InChI is InChI=1S/C15H11F6N5O/c16-14(17,18)8-4-24-13(22)26-11(8)7-3-23-12-6(7)1-2-9(25-5-27)10(12)15(19,20)21/h1-5,13,23-24H,22H2,(H,25,27). The minimum Gasteiger partial charge on any atom is -0.360 e. The summed E-state index contributed by atoms with van der Waals surface area (Å²) < 4.78 is 80.2. The predicted molar refractivity (Wildman–Crippen MR) is 84.8 cm³/mol. The molecule has 1 aliphatic rings. The summed E-state index contributed by atoms with van der Waals surface area (Å²) >= 11 is 0. The third-order valence-corrected chi connectivity index (χ3v) is 3.84. The fraction of sp³-hybridized carbons (Fsp3) is 0.200. The van der Waals surface area contributed by atoms with E-state index < -0.39 is 46.7 Å². The number of hydrogen-bond acceptors (Lipinski definition) is 4. The number of alkyl halides is 6. The third-order valence-electron chi connectivity index (χ3n) is 3.84. The van der Waals surface area contributed by atoms with E-state index in [0.29, 0.717) is 6.20 Å². The molecule has 5 N–H and O–H groups in total. The van der Waals surface area contributed by atoms with Gasteiger partial charge in [-0.2, -0.15) is 26.3 Å². The summed E-state index contributed by atoms with van der Waals surface area (Å²) in [6, 6.07) is 2.11. The maximum atomic E-state index is 13.5. The van der Waals surface area contributed by atoms with Gasteiger partial charge in [0, 0.05) is 23.3 Å². The molecule has 27 heavy (non-hydrogen) atoms. The summed E-state index contributed by atoms with van der Waals surface area (Å²) in [7, 11) is 0. The zero-order valence-corrected chi connectivity index (χ0v) is 13.2. The highest BCUT2D eigenvalue weighted by Gasteiger charge is 2.41. The minimum atomic E-state index is -4.87. The molecule has 12 heteroatoms. The van der Waals surface area contributed by atoms with Crippen LogP contribution in [0.5, 0.6) is 0 Å². The summed E-state index contributed by atoms with van der Waals surface area (Å²) in [5.74, 6) is 0. The number of H-pyrrole nitrogens is 1. The quantitative estimate of drug-likeness (QED) is 0.479. The first-order valence-electron chi connectivity index (χ1n) is 7.33. The van der Waals surface area contributed by atoms with E-state index in [-0.39, 0.29) is 17.4 Å². The molecule has 1 unspecified atom stereocenters. The molecular weight excluding hydrogens is 380 g/mol. The van der Waals surface area contributed by atoms with Crippen LogP contribution in [0.4, 0.5) is 32.0 Å². The van der Waals surface area contributed by atoms with E-state index in [1.807, 2.05) is 5.32 Å². The number of allylic oxidation sites excluding steroid dienone is 1. The minimum absolute atomic E-state index is 0.0701. The van der Waals surface area contributed by atoms with Gasteiger partial charge in [-0.25, -0.2) is 4.99 Å². The lowest BCUT2D eigenvalue weighted by atomic mass is 9.99. The maximum absolute atomic E-state index is 13.5. The van der Waals surface area contributed by atoms with E-state index in [0.717, 1.165) is 18.3 Å². The molecule has 3 rings (SSSR count). The number of carbonyl (C=O) groups is 1. The van der Waals surface area contributed by atoms with Crippen LogP contribution in [0.3, 0.4) is 0 Å². The number of amides is 1. The predicted octanol–water partition coefficient (Wildman–Crippen LogP) is 2.84. The maximum Gasteiger partial charge on any atom is 0.420 e. The number of carbonyl (C=O) groups excluding carboxylic acids is 1. The number of aromatic amines is 1. The average Bonchev–Trinajstić information content (AvgIpc) is 2.96. The van der Waals surface area contributed by atoms with Crippen molar-refractivity contribution in [2.45, 2.75) is 18.6 Å². The summed E-state index contributed by atoms with van der Waals surface area (Å²) in [4.78, 5) is 16.6. The van der Waals surface area contributed by atoms with Gasteiger partial charge in [0.25, 0.3) is 0 Å². The molecule has 0 bridgehead atoms. The summed E-state index contributed by atoms with van der Waals surface area (Å²) in [6.07, 6.45) is -9.18. The van der Waals surface area contributed by atoms with Crippen molar-refractivity contribution in [1.82, 2.24) is 10.3 Å². The van der Waals surface area contributed by atoms with Crippen molar-refractivity contribution in [3.63, 3.8) is 0 Å². The summed E-state index contributed by atoms with van der Waals surface area (Å²) in [5.41, 5.74) is 1.30. The van der Waals surface area contributed by atoms with Gasteiger partial charge in [0.15, 0.2) is 6.29 Å². The van der Waals surface area contributed by atoms with Crippen LogP contribution in [0.1, 0.15) is 11.1 Å². The number of aliphatic imine (C=N–C) groups is 1. The Morgan fingerprint density at radius 1 is 1.15 bits per heavy atom. The van der Waals surface area contributed by atoms with Gasteiger partial charge in [-0.05, 0) is 6.07 Å². The second-order valence-corrected chi connectivity index (χ2v) is 5.52. The first-order chi connectivity index (χ1) is 12.5. The Bertz CT molecular complexity index is 956. The summed E-state index contributed by atoms with van der Waals surface area (Å²) in [5, 5.41) is 3.99. The van der Waals surface area contributed by atoms with Crippen molar-refractivity contribution >= 4 is 28.7 Å². The van der Waals surface area contributed by atoms with Crippen LogP contribution in [-0.2, 0) is 11.0 Å². The van der Waals surface area contributed by atoms with Gasteiger partial charge < -0.3 is 15.6 Å². The molecule has 1 aromatic heterocycles. The van der Waals surface area contributed by atoms with E-state index >= 15 is 0 Å². The highest BCUT2D eigenvalue weighted by atomic mass is 19.4. The number of rotatable bonds is 3. The molecule has 0 saturated heterocycles. The molecule has 0 aliphatic carbocycles. The molecule has 6 nitrogen and oxygen atoms in total. The van der Waals surface area contributed by atoms with E-state index in [1.54, 1.807) is 0 Å². The fourth-order valence-corrected chi connectivity index (χ4v) is 2.79. The number of anilines is 1. The lowest BCUT2D eigenvalue weighted by Gasteiger charge is -2.22. The smallest absolute Gasteiger partial charge is 0.360 e. The van der Waals surface area contributed by atoms with Crippen molar-refractivity contribution in [2.75, 3.05) is 5.32 Å². The number of nitrogens with one attached hydrogen (secondary N) is 3. The number of nitrogens with two attached hydrogens (primary N) is 1. The Labute approximate surface area is 147 Å². The Kier molecular flexibility index (Phi) is 4.38. The van der Waals surface area contributed by atoms with Crippen LogP contribution in [0, 0.1) is 0 Å². The highest BCUT2D eigenvalue weighted by molar-refractivity contribution is 6.20. The van der Waals surface area contributed by atoms with Gasteiger partial charge in [0.1, 0.15) is 5.56 Å². The molecule has 0 radical (unpaired) electrons. The van der Waals surface area contributed by atoms with Crippen LogP contribution >= 0.6 is 0 Å². The zero-order valence-electron chi connectivity index (χ0n) is 13.2. The number of hydrogen-bond donors (Lipinski definition) is 4. The van der Waals surface area contributed by atoms with Gasteiger partial charge in [0.2, 0.25) is 6.41 Å². The molecule has 0 fully saturated rings. The Morgan fingerprint density at radius 3 is 2.44 bits per heavy atom. The molecule has 0 saturated carbocycles. The number of benzene rings is 1. The van der Waals surface area contributed by atoms with Crippen molar-refractivity contribution in [3.05, 3.63) is 41.2 Å². The molecule has 144 valence electrons. The lowest BCUT2D eigenvalue weighted by Crippen LogP contribution is -2.39. The highest BCUT2D eigenvalue weighted by Crippen LogP contribution is 2.41. The van der Waals surface area contributed by atoms with Gasteiger partial charge in [-0.15, -0.1) is 0 Å². The number of nitrogens with zero attached hydrogens (tertiary/aromatic N) is 1. The Morgan fingerprint density at radius 2 is 1.85 bits per heavy atom. The monoisotopic (exact) mass is 391 g/mol. The molecule has 1 amide bonds. The first kappa shape index (κ1) is 18.8. The van der Waals surface area contributed by atoms with Gasteiger partial charge >= 0.3 is 12.4 Å². The average molecular weight is 391 g/mol. The van der Waals surface area contributed by atoms with E-state index in [9.17, 15) is 31.1 Å². The number of halogens is 6. The lowest BCUT2D eigenvalue weighted by molar-refractivity contribution is -0.135. The SMILES string of the molecule is NC1N=C(c2c[nH]c3c(C(F)(F)F)c(NC=O)ccc23)C(C(F)(F)F)=CN1. The third kappa shape index (κ3) is 3.35. The van der Waals surface area contributed by atoms with Gasteiger partial charge in [0.05, 0.1) is 22.5 Å². The van der Waals surface area contributed by atoms with E-state index in [2.05, 4.69) is 15.3 Å². The largest absolute Gasteiger partial charge is 0.420 e. The second-order valence-electron chi connectivity index (χ2n) is 5.52. The van der Waals surface area contributed by atoms with E-state index in [4.69, 9.17) is 5.73 Å². The molecule has 1 aromatic carbocycles. The van der Waals surface area contributed by atoms with Crippen LogP contribution in [0.2, 0.25) is 0 Å². The molecule has 1 atom stereocenters. The molecular formula is C15H11F6N5O. The number of aromatic nitrogens is 1. The topological polar surface area (TPSA) is 95.3 Å². The zero-order chi connectivity index (χ0) is 20.0. The number of fused-ring (bicyclic) bond motifs is 1. The van der Waals surface area contributed by atoms with Crippen molar-refractivity contribution in [2.24, 2.45) is 10.7 Å². The van der Waals surface area contributed by atoms with Gasteiger partial charge in [-0.1, -0.05) is 6.07 Å². The molecule has 2 heterocycles. The fourth-order valence-electron chi connectivity index (χ4n) is 2.79. The van der Waals surface area contributed by atoms with Crippen LogP contribution < -0.4 is 16.4 Å². The van der Waals surface area contributed by atoms with E-state index in [1.165, 1.54) is 0 Å². The van der Waals surface area contributed by atoms with Crippen molar-refractivity contribution in [1.29, 1.82) is 0 Å². The van der Waals surface area contributed by atoms with Crippen LogP contribution in [0.25, 0.3) is 10.9 Å². The summed E-state index contributed by atoms with van der Waals surface area (Å²) in [6.45, 7) is 0. The van der Waals surface area contributed by atoms with Crippen LogP contribution in [-0.4, -0.2) is 29.6 Å². The van der Waals surface area contributed by atoms with Crippen molar-refractivity contribution in [3.8, 4) is 0 Å². The molecule has 0 spiro atoms. The van der Waals surface area contributed by atoms with Crippen molar-refractivity contribution < 1.29 is 31.1 Å². The Hall–Kier alpha value is -3.02.